The van der Waals surface area contributed by atoms with E-state index in [1.165, 1.54) is 231 Å². The lowest BCUT2D eigenvalue weighted by Crippen LogP contribution is -2.28. The van der Waals surface area contributed by atoms with Gasteiger partial charge in [-0.25, -0.2) is 0 Å². The van der Waals surface area contributed by atoms with Crippen LogP contribution in [0.15, 0.2) is 315 Å². The molecule has 0 saturated carbocycles. The molecule has 2 heteroatoms. The molecule has 0 N–H and O–H groups in total. The second-order valence-corrected chi connectivity index (χ2v) is 34.4. The summed E-state index contributed by atoms with van der Waals surface area (Å²) in [4.78, 5) is 0. The fourth-order valence-electron chi connectivity index (χ4n) is 21.0. The topological polar surface area (TPSA) is 8.82 Å². The van der Waals surface area contributed by atoms with Crippen LogP contribution in [0.2, 0.25) is 0 Å². The Morgan fingerprint density at radius 1 is 0.241 bits per heavy atom. The molecular formula is C110H84N2. The van der Waals surface area contributed by atoms with E-state index in [0.717, 1.165) is 12.8 Å². The summed E-state index contributed by atoms with van der Waals surface area (Å²) >= 11 is 0. The summed E-state index contributed by atoms with van der Waals surface area (Å²) in [6.07, 6.45) is 2.17. The second kappa shape index (κ2) is 23.9. The fraction of sp³-hybridized carbons (Fsp3) is 0.145. The molecule has 0 saturated heterocycles. The van der Waals surface area contributed by atoms with E-state index in [-0.39, 0.29) is 5.41 Å². The van der Waals surface area contributed by atoms with Crippen LogP contribution in [0.4, 0.5) is 0 Å². The maximum absolute atomic E-state index is 2.59. The Balaban J connectivity index is 0.585. The second-order valence-electron chi connectivity index (χ2n) is 34.4. The van der Waals surface area contributed by atoms with Gasteiger partial charge in [-0.2, -0.15) is 0 Å². The molecule has 2 unspecified atom stereocenters. The van der Waals surface area contributed by atoms with E-state index in [0.29, 0.717) is 23.7 Å². The van der Waals surface area contributed by atoms with Gasteiger partial charge in [0.25, 0.3) is 0 Å². The van der Waals surface area contributed by atoms with Gasteiger partial charge in [0, 0.05) is 48.5 Å². The highest BCUT2D eigenvalue weighted by Gasteiger charge is 2.46. The van der Waals surface area contributed by atoms with Crippen molar-refractivity contribution in [3.63, 3.8) is 0 Å². The van der Waals surface area contributed by atoms with Gasteiger partial charge in [0.05, 0.1) is 38.5 Å². The minimum absolute atomic E-state index is 0.0531. The van der Waals surface area contributed by atoms with Crippen LogP contribution >= 0.6 is 0 Å². The van der Waals surface area contributed by atoms with Gasteiger partial charge in [0.15, 0.2) is 0 Å². The van der Waals surface area contributed by atoms with E-state index in [1.54, 1.807) is 0 Å². The zero-order valence-corrected chi connectivity index (χ0v) is 64.6. The first-order chi connectivity index (χ1) is 54.7. The predicted molar refractivity (Wildman–Crippen MR) is 478 cm³/mol. The van der Waals surface area contributed by atoms with Gasteiger partial charge in [0.2, 0.25) is 0 Å². The highest BCUT2D eigenvalue weighted by Crippen LogP contribution is 2.57. The van der Waals surface area contributed by atoms with Crippen LogP contribution in [-0.2, 0) is 10.8 Å². The summed E-state index contributed by atoms with van der Waals surface area (Å²) in [5.41, 5.74) is 33.5. The van der Waals surface area contributed by atoms with Gasteiger partial charge >= 0.3 is 0 Å². The molecule has 0 bridgehead atoms. The molecule has 534 valence electrons. The summed E-state index contributed by atoms with van der Waals surface area (Å²) in [6.45, 7) is 18.8. The van der Waals surface area contributed by atoms with Crippen LogP contribution in [0.1, 0.15) is 148 Å². The Hall–Kier alpha value is -12.6. The van der Waals surface area contributed by atoms with Crippen molar-refractivity contribution in [2.45, 2.75) is 103 Å². The van der Waals surface area contributed by atoms with E-state index < -0.39 is 5.41 Å². The van der Waals surface area contributed by atoms with Gasteiger partial charge in [-0.3, -0.25) is 0 Å². The standard InChI is InChI=1S/C110H84N2/c1-63(2)70-32-36-75-59-103-91(50-79(75)46-70)95-54-83(68-30-28-67(29-31-68)74-42-45-90-87-20-12-15-23-99(87)109(7,8)102(90)58-74)55-96-93-52-81-48-72(34-38-77(81)61-105(93)111(103)107(95)96)65(5)26-27-66(6)73-35-39-78-62-106-94(53-82(78)49-73)98-57-84(56-97-92-51-80-47-71(64(3)4)33-37-76(80)60-104(92)112(106)108(97)98)69-40-43-86(44-41-69)110(85-18-10-9-11-19-85)100-24-16-13-21-88(100)89-22-14-17-25-101(89)110/h9-25,28-66H,26-27H2,1-8H3. The third-order valence-electron chi connectivity index (χ3n) is 27.2. The Morgan fingerprint density at radius 3 is 0.991 bits per heavy atom. The largest absolute Gasteiger partial charge is 0.308 e. The van der Waals surface area contributed by atoms with Crippen LogP contribution in [0.3, 0.4) is 0 Å². The van der Waals surface area contributed by atoms with E-state index in [1.807, 2.05) is 0 Å². The number of fused-ring (bicyclic) bond motifs is 22. The summed E-state index contributed by atoms with van der Waals surface area (Å²) in [7, 11) is 0. The first-order valence-corrected chi connectivity index (χ1v) is 40.7. The van der Waals surface area contributed by atoms with E-state index in [9.17, 15) is 0 Å². The molecule has 21 aromatic rings. The van der Waals surface area contributed by atoms with Crippen LogP contribution in [0.25, 0.3) is 175 Å². The quantitative estimate of drug-likeness (QED) is 0.115. The minimum Gasteiger partial charge on any atom is -0.308 e. The molecule has 0 fully saturated rings. The van der Waals surface area contributed by atoms with E-state index in [4.69, 9.17) is 0 Å². The molecule has 0 aliphatic heterocycles. The first-order valence-electron chi connectivity index (χ1n) is 40.7. The molecular weight excluding hydrogens is 1350 g/mol. The molecule has 0 amide bonds. The average Bonchev–Trinajstić information content (AvgIpc) is 1.54. The number of rotatable bonds is 12. The molecule has 0 radical (unpaired) electrons. The van der Waals surface area contributed by atoms with Gasteiger partial charge in [0.1, 0.15) is 0 Å². The lowest BCUT2D eigenvalue weighted by Gasteiger charge is -2.34. The summed E-state index contributed by atoms with van der Waals surface area (Å²) in [6, 6.07) is 123. The monoisotopic (exact) mass is 1430 g/mol. The number of aromatic nitrogens is 2. The van der Waals surface area contributed by atoms with Crippen LogP contribution in [0, 0.1) is 0 Å². The minimum atomic E-state index is -0.458. The lowest BCUT2D eigenvalue weighted by molar-refractivity contribution is 0.574. The van der Waals surface area contributed by atoms with Crippen LogP contribution < -0.4 is 0 Å². The van der Waals surface area contributed by atoms with Crippen molar-refractivity contribution in [2.24, 2.45) is 0 Å². The van der Waals surface area contributed by atoms with Crippen molar-refractivity contribution in [3.8, 4) is 55.6 Å². The van der Waals surface area contributed by atoms with E-state index >= 15 is 0 Å². The predicted octanol–water partition coefficient (Wildman–Crippen LogP) is 30.2. The van der Waals surface area contributed by atoms with Crippen LogP contribution in [0.5, 0.6) is 0 Å². The van der Waals surface area contributed by atoms with Gasteiger partial charge in [-0.1, -0.05) is 292 Å². The zero-order chi connectivity index (χ0) is 74.9. The van der Waals surface area contributed by atoms with Crippen molar-refractivity contribution in [3.05, 3.63) is 371 Å². The number of benzene rings is 17. The average molecular weight is 1430 g/mol. The van der Waals surface area contributed by atoms with Crippen molar-refractivity contribution in [1.82, 2.24) is 8.80 Å². The molecule has 2 atom stereocenters. The van der Waals surface area contributed by atoms with Crippen molar-refractivity contribution < 1.29 is 0 Å². The summed E-state index contributed by atoms with van der Waals surface area (Å²) < 4.78 is 5.17. The molecule has 4 heterocycles. The normalized spacial score (nSPS) is 14.4. The maximum Gasteiger partial charge on any atom is 0.0713 e. The number of nitrogens with zero attached hydrogens (tertiary/aromatic N) is 2. The Kier molecular flexibility index (Phi) is 14.0. The summed E-state index contributed by atoms with van der Waals surface area (Å²) in [5, 5.41) is 20.7. The third-order valence-corrected chi connectivity index (χ3v) is 27.2. The van der Waals surface area contributed by atoms with Gasteiger partial charge < -0.3 is 8.80 Å². The number of hydrogen-bond donors (Lipinski definition) is 0. The molecule has 0 spiro atoms. The Labute approximate surface area is 653 Å². The fourth-order valence-corrected chi connectivity index (χ4v) is 21.0. The Bertz CT molecular complexity index is 7500. The molecule has 17 aromatic carbocycles. The van der Waals surface area contributed by atoms with Gasteiger partial charge in [-0.15, -0.1) is 0 Å². The SMILES string of the molecule is CC(C)c1ccc2cc3c(cc2c1)c1cc(-c2ccc(-c4ccc5c(c4)C(C)(C)c4ccccc4-5)cc2)cc2c4cc5cc(C(C)CCC(C)c6ccc7cc8c(cc7c6)c6cc(-c7ccc(C9(c%10ccccc%10)c%10ccccc%10-c%10ccccc%109)cc7)cc7c9cc%10cc(C(C)C)ccc%10cc9n8c76)ccc5cc4n3c12. The van der Waals surface area contributed by atoms with Gasteiger partial charge in [-0.05, 0) is 270 Å². The zero-order valence-electron chi connectivity index (χ0n) is 64.6. The molecule has 4 aromatic heterocycles. The van der Waals surface area contributed by atoms with Crippen molar-refractivity contribution >= 4 is 119 Å². The third kappa shape index (κ3) is 9.39. The van der Waals surface area contributed by atoms with Crippen LogP contribution in [-0.4, -0.2) is 8.80 Å². The number of hydrogen-bond acceptors (Lipinski definition) is 0. The molecule has 2 nitrogen and oxygen atoms in total. The Morgan fingerprint density at radius 2 is 0.571 bits per heavy atom. The van der Waals surface area contributed by atoms with E-state index in [2.05, 4.69) is 380 Å². The highest BCUT2D eigenvalue weighted by molar-refractivity contribution is 6.29. The molecule has 112 heavy (non-hydrogen) atoms. The maximum atomic E-state index is 2.59. The molecule has 2 aliphatic rings. The van der Waals surface area contributed by atoms with Crippen molar-refractivity contribution in [1.29, 1.82) is 0 Å². The first kappa shape index (κ1) is 65.3. The molecule has 23 rings (SSSR count). The summed E-state index contributed by atoms with van der Waals surface area (Å²) in [5.74, 6) is 1.63. The highest BCUT2D eigenvalue weighted by atomic mass is 14.9. The lowest BCUT2D eigenvalue weighted by atomic mass is 9.67. The molecule has 2 aliphatic carbocycles. The smallest absolute Gasteiger partial charge is 0.0713 e. The van der Waals surface area contributed by atoms with Crippen molar-refractivity contribution in [2.75, 3.05) is 0 Å².